The van der Waals surface area contributed by atoms with E-state index in [1.54, 1.807) is 0 Å². The second-order valence-electron chi connectivity index (χ2n) is 11.4. The Morgan fingerprint density at radius 3 is 2.08 bits per heavy atom. The minimum Gasteiger partial charge on any atom is -0.394 e. The maximum Gasteiger partial charge on any atom is 0.184 e. The Balaban J connectivity index is 1.59. The van der Waals surface area contributed by atoms with Crippen LogP contribution in [0, 0.1) is 11.8 Å². The summed E-state index contributed by atoms with van der Waals surface area (Å²) in [5, 5.41) is 42.3. The van der Waals surface area contributed by atoms with Crippen molar-refractivity contribution < 1.29 is 44.1 Å². The van der Waals surface area contributed by atoms with Crippen molar-refractivity contribution in [2.24, 2.45) is 46.2 Å². The number of hydrogen-bond acceptors (Lipinski definition) is 15. The minimum atomic E-state index is -1.36. The van der Waals surface area contributed by atoms with E-state index in [1.165, 1.54) is 7.11 Å². The molecule has 4 aliphatic rings. The molecule has 0 aromatic carbocycles. The number of aliphatic hydroxyl groups excluding tert-OH is 4. The summed E-state index contributed by atoms with van der Waals surface area (Å²) in [5.41, 5.74) is 37.3. The van der Waals surface area contributed by atoms with E-state index in [-0.39, 0.29) is 18.7 Å². The molecule has 0 amide bonds. The highest BCUT2D eigenvalue weighted by Crippen LogP contribution is 2.41. The van der Waals surface area contributed by atoms with E-state index in [9.17, 15) is 20.4 Å². The van der Waals surface area contributed by atoms with Crippen molar-refractivity contribution in [3.63, 3.8) is 0 Å². The SMILES string of the molecule is CO[C@@H]1[C@@H](O[C@@H]2O[C@H](CO)[C@@H](C3O[C@@H](CN)[C@@H](O)[C@H](O)[C@H]3N)[C@H]2O)[C@H](C2O[C@H](CN)CC[C@H]2N)[C@@H](N)C[C@H]1N. The molecule has 3 aliphatic heterocycles. The Hall–Kier alpha value is -0.600. The van der Waals surface area contributed by atoms with Crippen LogP contribution >= 0.6 is 0 Å². The van der Waals surface area contributed by atoms with Crippen molar-refractivity contribution in [3.8, 4) is 0 Å². The van der Waals surface area contributed by atoms with E-state index in [4.69, 9.17) is 58.1 Å². The van der Waals surface area contributed by atoms with Gasteiger partial charge in [-0.25, -0.2) is 0 Å². The zero-order valence-electron chi connectivity index (χ0n) is 22.4. The van der Waals surface area contributed by atoms with Gasteiger partial charge in [-0.15, -0.1) is 0 Å². The third-order valence-corrected chi connectivity index (χ3v) is 9.00. The predicted octanol–water partition coefficient (Wildman–Crippen LogP) is -5.64. The first kappa shape index (κ1) is 31.3. The van der Waals surface area contributed by atoms with Gasteiger partial charge in [0.05, 0.1) is 55.4 Å². The van der Waals surface area contributed by atoms with E-state index in [0.29, 0.717) is 19.4 Å². The fourth-order valence-electron chi connectivity index (χ4n) is 6.84. The molecule has 3 heterocycles. The Bertz CT molecular complexity index is 788. The van der Waals surface area contributed by atoms with Crippen LogP contribution in [0.2, 0.25) is 0 Å². The van der Waals surface area contributed by atoms with Gasteiger partial charge < -0.3 is 78.5 Å². The van der Waals surface area contributed by atoms with Crippen LogP contribution in [0.4, 0.5) is 0 Å². The Kier molecular flexibility index (Phi) is 10.6. The van der Waals surface area contributed by atoms with Crippen molar-refractivity contribution in [3.05, 3.63) is 0 Å². The molecule has 16 N–H and O–H groups in total. The van der Waals surface area contributed by atoms with Gasteiger partial charge in [-0.3, -0.25) is 0 Å². The van der Waals surface area contributed by atoms with Crippen LogP contribution in [-0.2, 0) is 23.7 Å². The van der Waals surface area contributed by atoms with Crippen molar-refractivity contribution >= 4 is 0 Å². The van der Waals surface area contributed by atoms with Gasteiger partial charge >= 0.3 is 0 Å². The van der Waals surface area contributed by atoms with E-state index < -0.39 is 97.8 Å². The first-order valence-corrected chi connectivity index (χ1v) is 13.8. The summed E-state index contributed by atoms with van der Waals surface area (Å²) in [6.07, 6.45) is -8.38. The highest BCUT2D eigenvalue weighted by atomic mass is 16.7. The largest absolute Gasteiger partial charge is 0.394 e. The van der Waals surface area contributed by atoms with Crippen LogP contribution in [-0.4, -0.2) is 139 Å². The normalized spacial score (nSPS) is 53.2. The number of nitrogens with two attached hydrogens (primary N) is 6. The predicted molar refractivity (Wildman–Crippen MR) is 138 cm³/mol. The topological polar surface area (TPSA) is 283 Å². The molecule has 17 atom stereocenters. The number of hydrogen-bond donors (Lipinski definition) is 10. The molecule has 3 saturated heterocycles. The molecule has 2 unspecified atom stereocenters. The molecular weight excluding hydrogens is 516 g/mol. The molecule has 1 saturated carbocycles. The summed E-state index contributed by atoms with van der Waals surface area (Å²) in [5.74, 6) is -1.38. The second-order valence-corrected chi connectivity index (χ2v) is 11.4. The molecule has 15 heteroatoms. The molecule has 1 aliphatic carbocycles. The number of rotatable bonds is 8. The lowest BCUT2D eigenvalue weighted by Crippen LogP contribution is -2.67. The molecule has 228 valence electrons. The first-order valence-electron chi connectivity index (χ1n) is 13.8. The average molecular weight is 565 g/mol. The fourth-order valence-corrected chi connectivity index (χ4v) is 6.84. The first-order chi connectivity index (χ1) is 18.6. The molecule has 0 bridgehead atoms. The summed E-state index contributed by atoms with van der Waals surface area (Å²) >= 11 is 0. The van der Waals surface area contributed by atoms with Crippen LogP contribution in [0.3, 0.4) is 0 Å². The van der Waals surface area contributed by atoms with Gasteiger partial charge in [-0.05, 0) is 19.3 Å². The third kappa shape index (κ3) is 6.00. The van der Waals surface area contributed by atoms with Gasteiger partial charge in [-0.1, -0.05) is 0 Å². The van der Waals surface area contributed by atoms with Gasteiger partial charge in [0.2, 0.25) is 0 Å². The zero-order valence-corrected chi connectivity index (χ0v) is 22.4. The molecular formula is C24H48N6O9. The Morgan fingerprint density at radius 1 is 0.744 bits per heavy atom. The smallest absolute Gasteiger partial charge is 0.184 e. The molecule has 0 radical (unpaired) electrons. The Morgan fingerprint density at radius 2 is 1.46 bits per heavy atom. The molecule has 0 aromatic heterocycles. The second kappa shape index (κ2) is 13.1. The fraction of sp³-hybridized carbons (Fsp3) is 1.00. The Labute approximate surface area is 228 Å². The number of aliphatic hydroxyl groups is 4. The maximum atomic E-state index is 11.4. The van der Waals surface area contributed by atoms with Gasteiger partial charge in [0.25, 0.3) is 0 Å². The van der Waals surface area contributed by atoms with Crippen molar-refractivity contribution in [2.75, 3.05) is 26.8 Å². The zero-order chi connectivity index (χ0) is 28.6. The lowest BCUT2D eigenvalue weighted by atomic mass is 9.72. The van der Waals surface area contributed by atoms with Gasteiger partial charge in [0.15, 0.2) is 6.29 Å². The molecule has 39 heavy (non-hydrogen) atoms. The number of methoxy groups -OCH3 is 1. The van der Waals surface area contributed by atoms with E-state index >= 15 is 0 Å². The lowest BCUT2D eigenvalue weighted by Gasteiger charge is -2.50. The molecule has 4 fully saturated rings. The van der Waals surface area contributed by atoms with Gasteiger partial charge in [0.1, 0.15) is 18.3 Å². The molecule has 15 nitrogen and oxygen atoms in total. The quantitative estimate of drug-likeness (QED) is 0.131. The van der Waals surface area contributed by atoms with Crippen LogP contribution in [0.25, 0.3) is 0 Å². The lowest BCUT2D eigenvalue weighted by molar-refractivity contribution is -0.252. The van der Waals surface area contributed by atoms with E-state index in [1.807, 2.05) is 0 Å². The van der Waals surface area contributed by atoms with E-state index in [0.717, 1.165) is 6.42 Å². The van der Waals surface area contributed by atoms with Crippen LogP contribution in [0.15, 0.2) is 0 Å². The van der Waals surface area contributed by atoms with E-state index in [2.05, 4.69) is 0 Å². The van der Waals surface area contributed by atoms with Crippen molar-refractivity contribution in [1.82, 2.24) is 0 Å². The standard InChI is InChI=1S/C24H48N6O9/c1-35-21-11(29)4-10(28)14(20-9(27)3-2-8(5-25)36-20)23(21)39-24-18(33)15(13(7-31)38-24)22-16(30)19(34)17(32)12(6-26)37-22/h8-24,31-34H,2-7,25-30H2,1H3/t8-,9+,10-,11+,12-,13+,14-,15+,16+,17+,18+,19+,20?,21-,22?,23-,24-/m0/s1. The molecule has 0 aromatic rings. The minimum absolute atomic E-state index is 0.0880. The average Bonchev–Trinajstić information content (AvgIpc) is 3.23. The summed E-state index contributed by atoms with van der Waals surface area (Å²) in [6, 6.07) is -2.35. The van der Waals surface area contributed by atoms with Gasteiger partial charge in [-0.2, -0.15) is 0 Å². The summed E-state index contributed by atoms with van der Waals surface area (Å²) in [4.78, 5) is 0. The maximum absolute atomic E-state index is 11.4. The summed E-state index contributed by atoms with van der Waals surface area (Å²) in [6.45, 7) is -0.245. The highest BCUT2D eigenvalue weighted by Gasteiger charge is 2.57. The van der Waals surface area contributed by atoms with Crippen molar-refractivity contribution in [2.45, 2.75) is 111 Å². The molecule has 4 rings (SSSR count). The number of ether oxygens (including phenoxy) is 5. The van der Waals surface area contributed by atoms with Crippen molar-refractivity contribution in [1.29, 1.82) is 0 Å². The van der Waals surface area contributed by atoms with Crippen LogP contribution in [0.1, 0.15) is 19.3 Å². The van der Waals surface area contributed by atoms with Crippen LogP contribution in [0.5, 0.6) is 0 Å². The summed E-state index contributed by atoms with van der Waals surface area (Å²) < 4.78 is 30.3. The summed E-state index contributed by atoms with van der Waals surface area (Å²) in [7, 11) is 1.51. The van der Waals surface area contributed by atoms with Crippen LogP contribution < -0.4 is 34.4 Å². The third-order valence-electron chi connectivity index (χ3n) is 9.00. The monoisotopic (exact) mass is 564 g/mol. The molecule has 0 spiro atoms. The highest BCUT2D eigenvalue weighted by molar-refractivity contribution is 5.06. The van der Waals surface area contributed by atoms with Gasteiger partial charge in [0, 0.05) is 50.2 Å².